The zero-order chi connectivity index (χ0) is 13.5. The van der Waals surface area contributed by atoms with Crippen molar-refractivity contribution >= 4 is 17.3 Å². The third-order valence-electron chi connectivity index (χ3n) is 2.24. The van der Waals surface area contributed by atoms with Gasteiger partial charge in [-0.3, -0.25) is 14.9 Å². The van der Waals surface area contributed by atoms with Gasteiger partial charge in [-0.15, -0.1) is 0 Å². The Kier molecular flexibility index (Phi) is 5.10. The van der Waals surface area contributed by atoms with Gasteiger partial charge in [-0.2, -0.15) is 0 Å². The predicted molar refractivity (Wildman–Crippen MR) is 69.4 cm³/mol. The number of nitro benzene ring substituents is 1. The molecule has 18 heavy (non-hydrogen) atoms. The summed E-state index contributed by atoms with van der Waals surface area (Å²) in [6.07, 6.45) is 0. The first-order valence-electron chi connectivity index (χ1n) is 5.74. The molecule has 0 aliphatic carbocycles. The Labute approximate surface area is 106 Å². The fraction of sp³-hybridized carbons (Fsp3) is 0.417. The van der Waals surface area contributed by atoms with Gasteiger partial charge >= 0.3 is 0 Å². The Bertz CT molecular complexity index is 415. The minimum Gasteiger partial charge on any atom is -0.376 e. The molecule has 0 aliphatic heterocycles. The number of nitrogens with zero attached hydrogens (tertiary/aromatic N) is 1. The van der Waals surface area contributed by atoms with E-state index in [1.165, 1.54) is 12.1 Å². The molecule has 0 fully saturated rings. The number of rotatable bonds is 6. The van der Waals surface area contributed by atoms with E-state index in [1.807, 2.05) is 13.8 Å². The van der Waals surface area contributed by atoms with Gasteiger partial charge in [0.25, 0.3) is 5.69 Å². The molecule has 0 saturated heterocycles. The normalized spacial score (nSPS) is 10.2. The zero-order valence-corrected chi connectivity index (χ0v) is 10.5. The quantitative estimate of drug-likeness (QED) is 0.596. The SMILES string of the molecule is CC(C)CNC(=O)CNc1ccc([N+](=O)[O-])cc1. The second-order valence-electron chi connectivity index (χ2n) is 4.36. The van der Waals surface area contributed by atoms with Crippen molar-refractivity contribution in [2.24, 2.45) is 5.92 Å². The molecule has 6 nitrogen and oxygen atoms in total. The molecule has 2 N–H and O–H groups in total. The molecule has 0 bridgehead atoms. The minimum absolute atomic E-state index is 0.0322. The van der Waals surface area contributed by atoms with Gasteiger partial charge in [0.1, 0.15) is 0 Å². The second kappa shape index (κ2) is 6.58. The first kappa shape index (κ1) is 14.0. The molecule has 0 radical (unpaired) electrons. The summed E-state index contributed by atoms with van der Waals surface area (Å²) in [4.78, 5) is 21.4. The van der Waals surface area contributed by atoms with Crippen molar-refractivity contribution in [3.05, 3.63) is 34.4 Å². The van der Waals surface area contributed by atoms with E-state index in [-0.39, 0.29) is 18.1 Å². The maximum absolute atomic E-state index is 11.4. The summed E-state index contributed by atoms with van der Waals surface area (Å²) in [5.41, 5.74) is 0.713. The molecule has 1 rings (SSSR count). The lowest BCUT2D eigenvalue weighted by atomic mass is 10.2. The number of nitrogens with one attached hydrogen (secondary N) is 2. The number of anilines is 1. The molecule has 0 atom stereocenters. The van der Waals surface area contributed by atoms with Crippen molar-refractivity contribution in [1.82, 2.24) is 5.32 Å². The summed E-state index contributed by atoms with van der Waals surface area (Å²) in [5, 5.41) is 16.1. The maximum atomic E-state index is 11.4. The molecule has 0 aliphatic rings. The van der Waals surface area contributed by atoms with Crippen LogP contribution in [0.4, 0.5) is 11.4 Å². The van der Waals surface area contributed by atoms with Gasteiger partial charge in [-0.25, -0.2) is 0 Å². The molecule has 1 aromatic rings. The third kappa shape index (κ3) is 4.82. The molecule has 0 spiro atoms. The number of hydrogen-bond donors (Lipinski definition) is 2. The van der Waals surface area contributed by atoms with Crippen molar-refractivity contribution in [2.45, 2.75) is 13.8 Å². The Hall–Kier alpha value is -2.11. The van der Waals surface area contributed by atoms with Crippen LogP contribution in [0.5, 0.6) is 0 Å². The van der Waals surface area contributed by atoms with Crippen molar-refractivity contribution < 1.29 is 9.72 Å². The first-order valence-corrected chi connectivity index (χ1v) is 5.74. The van der Waals surface area contributed by atoms with E-state index < -0.39 is 4.92 Å². The molecule has 98 valence electrons. The molecule has 0 heterocycles. The smallest absolute Gasteiger partial charge is 0.269 e. The van der Waals surface area contributed by atoms with E-state index >= 15 is 0 Å². The zero-order valence-electron chi connectivity index (χ0n) is 10.5. The molecule has 1 amide bonds. The number of amides is 1. The van der Waals surface area contributed by atoms with Crippen LogP contribution >= 0.6 is 0 Å². The molecule has 0 saturated carbocycles. The average Bonchev–Trinajstić information content (AvgIpc) is 2.34. The summed E-state index contributed by atoms with van der Waals surface area (Å²) < 4.78 is 0. The number of benzene rings is 1. The minimum atomic E-state index is -0.459. The average molecular weight is 251 g/mol. The van der Waals surface area contributed by atoms with E-state index in [1.54, 1.807) is 12.1 Å². The summed E-state index contributed by atoms with van der Waals surface area (Å²) in [5.74, 6) is 0.315. The highest BCUT2D eigenvalue weighted by Crippen LogP contribution is 2.14. The van der Waals surface area contributed by atoms with E-state index in [9.17, 15) is 14.9 Å². The van der Waals surface area contributed by atoms with Crippen LogP contribution < -0.4 is 10.6 Å². The molecule has 0 unspecified atom stereocenters. The fourth-order valence-corrected chi connectivity index (χ4v) is 1.26. The lowest BCUT2D eigenvalue weighted by Gasteiger charge is -2.09. The summed E-state index contributed by atoms with van der Waals surface area (Å²) in [6, 6.07) is 5.95. The van der Waals surface area contributed by atoms with E-state index in [2.05, 4.69) is 10.6 Å². The number of carbonyl (C=O) groups is 1. The van der Waals surface area contributed by atoms with E-state index in [0.717, 1.165) is 0 Å². The van der Waals surface area contributed by atoms with E-state index in [0.29, 0.717) is 18.2 Å². The number of carbonyl (C=O) groups excluding carboxylic acids is 1. The van der Waals surface area contributed by atoms with Crippen LogP contribution in [-0.2, 0) is 4.79 Å². The van der Waals surface area contributed by atoms with Gasteiger partial charge in [0.05, 0.1) is 11.5 Å². The Morgan fingerprint density at radius 2 is 1.94 bits per heavy atom. The Morgan fingerprint density at radius 3 is 2.44 bits per heavy atom. The lowest BCUT2D eigenvalue weighted by molar-refractivity contribution is -0.384. The number of hydrogen-bond acceptors (Lipinski definition) is 4. The largest absolute Gasteiger partial charge is 0.376 e. The van der Waals surface area contributed by atoms with Crippen LogP contribution in [0, 0.1) is 16.0 Å². The van der Waals surface area contributed by atoms with Crippen molar-refractivity contribution in [2.75, 3.05) is 18.4 Å². The number of nitro groups is 1. The van der Waals surface area contributed by atoms with Gasteiger partial charge in [0.15, 0.2) is 0 Å². The highest BCUT2D eigenvalue weighted by Gasteiger charge is 2.05. The lowest BCUT2D eigenvalue weighted by Crippen LogP contribution is -2.32. The van der Waals surface area contributed by atoms with Gasteiger partial charge in [0.2, 0.25) is 5.91 Å². The molecule has 1 aromatic carbocycles. The number of non-ortho nitro benzene ring substituents is 1. The van der Waals surface area contributed by atoms with Crippen LogP contribution in [0.15, 0.2) is 24.3 Å². The molecule has 6 heteroatoms. The van der Waals surface area contributed by atoms with Gasteiger partial charge in [-0.1, -0.05) is 13.8 Å². The Morgan fingerprint density at radius 1 is 1.33 bits per heavy atom. The van der Waals surface area contributed by atoms with Gasteiger partial charge in [-0.05, 0) is 18.1 Å². The topological polar surface area (TPSA) is 84.3 Å². The molecular formula is C12H17N3O3. The van der Waals surface area contributed by atoms with Crippen molar-refractivity contribution in [1.29, 1.82) is 0 Å². The highest BCUT2D eigenvalue weighted by atomic mass is 16.6. The van der Waals surface area contributed by atoms with Gasteiger partial charge < -0.3 is 10.6 Å². The summed E-state index contributed by atoms with van der Waals surface area (Å²) in [7, 11) is 0. The monoisotopic (exact) mass is 251 g/mol. The van der Waals surface area contributed by atoms with Crippen LogP contribution in [0.3, 0.4) is 0 Å². The van der Waals surface area contributed by atoms with Crippen molar-refractivity contribution in [3.8, 4) is 0 Å². The third-order valence-corrected chi connectivity index (χ3v) is 2.24. The second-order valence-corrected chi connectivity index (χ2v) is 4.36. The first-order chi connectivity index (χ1) is 8.49. The van der Waals surface area contributed by atoms with E-state index in [4.69, 9.17) is 0 Å². The molecular weight excluding hydrogens is 234 g/mol. The van der Waals surface area contributed by atoms with Crippen molar-refractivity contribution in [3.63, 3.8) is 0 Å². The summed E-state index contributed by atoms with van der Waals surface area (Å²) in [6.45, 7) is 4.83. The molecule has 0 aromatic heterocycles. The fourth-order valence-electron chi connectivity index (χ4n) is 1.26. The van der Waals surface area contributed by atoms with Crippen LogP contribution in [-0.4, -0.2) is 23.9 Å². The predicted octanol–water partition coefficient (Wildman–Crippen LogP) is 1.78. The maximum Gasteiger partial charge on any atom is 0.269 e. The highest BCUT2D eigenvalue weighted by molar-refractivity contribution is 5.80. The van der Waals surface area contributed by atoms with Crippen LogP contribution in [0.2, 0.25) is 0 Å². The summed E-state index contributed by atoms with van der Waals surface area (Å²) >= 11 is 0. The standard InChI is InChI=1S/C12H17N3O3/c1-9(2)7-14-12(16)8-13-10-3-5-11(6-4-10)15(17)18/h3-6,9,13H,7-8H2,1-2H3,(H,14,16). The van der Waals surface area contributed by atoms with Gasteiger partial charge in [0, 0.05) is 24.4 Å². The van der Waals surface area contributed by atoms with Crippen LogP contribution in [0.1, 0.15) is 13.8 Å². The Balaban J connectivity index is 2.39. The van der Waals surface area contributed by atoms with Crippen LogP contribution in [0.25, 0.3) is 0 Å².